The number of ether oxygens (including phenoxy) is 1. The lowest BCUT2D eigenvalue weighted by atomic mass is 10.0. The maximum Gasteiger partial charge on any atom is 0.255 e. The normalized spacial score (nSPS) is 13.5. The third-order valence-electron chi connectivity index (χ3n) is 5.84. The van der Waals surface area contributed by atoms with Crippen LogP contribution in [0.1, 0.15) is 17.2 Å². The van der Waals surface area contributed by atoms with Crippen LogP contribution in [0.4, 0.5) is 4.39 Å². The first-order chi connectivity index (χ1) is 17.2. The third-order valence-corrected chi connectivity index (χ3v) is 5.84. The lowest BCUT2D eigenvalue weighted by Gasteiger charge is -2.30. The van der Waals surface area contributed by atoms with Crippen molar-refractivity contribution in [1.29, 1.82) is 0 Å². The van der Waals surface area contributed by atoms with Crippen molar-refractivity contribution in [2.75, 3.05) is 20.8 Å². The van der Waals surface area contributed by atoms with Crippen LogP contribution in [-0.4, -0.2) is 65.0 Å². The summed E-state index contributed by atoms with van der Waals surface area (Å²) in [6.07, 6.45) is -3.95. The van der Waals surface area contributed by atoms with E-state index in [1.54, 1.807) is 24.3 Å². The van der Waals surface area contributed by atoms with Crippen molar-refractivity contribution in [3.8, 4) is 16.9 Å². The van der Waals surface area contributed by atoms with Gasteiger partial charge in [0.25, 0.3) is 11.8 Å². The monoisotopic (exact) mass is 496 g/mol. The van der Waals surface area contributed by atoms with Gasteiger partial charge in [-0.3, -0.25) is 9.59 Å². The van der Waals surface area contributed by atoms with Gasteiger partial charge in [0.05, 0.1) is 12.6 Å². The highest BCUT2D eigenvalue weighted by Crippen LogP contribution is 2.29. The van der Waals surface area contributed by atoms with E-state index >= 15 is 0 Å². The van der Waals surface area contributed by atoms with Gasteiger partial charge >= 0.3 is 0 Å². The van der Waals surface area contributed by atoms with Crippen molar-refractivity contribution < 1.29 is 34.0 Å². The SMILES string of the molecule is COC[C@H](c1ccccc1)N(C)C(=O)[C@H](O)[C@@H](O)C(=O)NCc1ccc(-c2ccc(F)cc2O)cc1. The lowest BCUT2D eigenvalue weighted by molar-refractivity contribution is -0.154. The van der Waals surface area contributed by atoms with Crippen LogP contribution in [0.5, 0.6) is 5.75 Å². The van der Waals surface area contributed by atoms with Gasteiger partial charge in [-0.2, -0.15) is 0 Å². The summed E-state index contributed by atoms with van der Waals surface area (Å²) >= 11 is 0. The fourth-order valence-corrected chi connectivity index (χ4v) is 3.75. The van der Waals surface area contributed by atoms with Gasteiger partial charge in [0, 0.05) is 32.3 Å². The van der Waals surface area contributed by atoms with E-state index in [-0.39, 0.29) is 18.9 Å². The van der Waals surface area contributed by atoms with Crippen molar-refractivity contribution in [2.24, 2.45) is 0 Å². The summed E-state index contributed by atoms with van der Waals surface area (Å²) in [5.41, 5.74) is 2.55. The minimum Gasteiger partial charge on any atom is -0.507 e. The fraction of sp³-hybridized carbons (Fsp3) is 0.259. The van der Waals surface area contributed by atoms with Gasteiger partial charge in [-0.25, -0.2) is 4.39 Å². The molecule has 3 rings (SSSR count). The first kappa shape index (κ1) is 26.8. The maximum atomic E-state index is 13.2. The van der Waals surface area contributed by atoms with Crippen molar-refractivity contribution in [1.82, 2.24) is 10.2 Å². The summed E-state index contributed by atoms with van der Waals surface area (Å²) in [5, 5.41) is 33.1. The Hall–Kier alpha value is -3.79. The number of phenols is 1. The molecule has 3 aromatic rings. The number of methoxy groups -OCH3 is 1. The molecule has 0 saturated carbocycles. The average Bonchev–Trinajstić information content (AvgIpc) is 2.89. The highest BCUT2D eigenvalue weighted by atomic mass is 19.1. The summed E-state index contributed by atoms with van der Waals surface area (Å²) in [7, 11) is 2.95. The number of carbonyl (C=O) groups excluding carboxylic acids is 2. The average molecular weight is 497 g/mol. The molecule has 8 nitrogen and oxygen atoms in total. The zero-order valence-electron chi connectivity index (χ0n) is 20.0. The zero-order chi connectivity index (χ0) is 26.2. The molecule has 190 valence electrons. The molecule has 0 fully saturated rings. The predicted molar refractivity (Wildman–Crippen MR) is 131 cm³/mol. The van der Waals surface area contributed by atoms with Crippen LogP contribution >= 0.6 is 0 Å². The topological polar surface area (TPSA) is 119 Å². The number of benzene rings is 3. The summed E-state index contributed by atoms with van der Waals surface area (Å²) < 4.78 is 18.4. The molecule has 36 heavy (non-hydrogen) atoms. The van der Waals surface area contributed by atoms with Crippen molar-refractivity contribution in [2.45, 2.75) is 24.8 Å². The number of aliphatic hydroxyl groups excluding tert-OH is 2. The molecule has 3 aromatic carbocycles. The second-order valence-electron chi connectivity index (χ2n) is 8.30. The number of aromatic hydroxyl groups is 1. The predicted octanol–water partition coefficient (Wildman–Crippen LogP) is 2.38. The Bertz CT molecular complexity index is 1170. The van der Waals surface area contributed by atoms with Crippen LogP contribution in [-0.2, 0) is 20.9 Å². The van der Waals surface area contributed by atoms with Crippen LogP contribution < -0.4 is 5.32 Å². The largest absolute Gasteiger partial charge is 0.507 e. The first-order valence-corrected chi connectivity index (χ1v) is 11.2. The first-order valence-electron chi connectivity index (χ1n) is 11.2. The number of amides is 2. The Labute approximate surface area is 208 Å². The molecule has 2 amide bonds. The minimum absolute atomic E-state index is 0.0264. The minimum atomic E-state index is -1.98. The van der Waals surface area contributed by atoms with Crippen LogP contribution in [0.25, 0.3) is 11.1 Å². The van der Waals surface area contributed by atoms with Gasteiger partial charge < -0.3 is 30.3 Å². The number of aliphatic hydroxyl groups is 2. The molecule has 9 heteroatoms. The molecular weight excluding hydrogens is 467 g/mol. The summed E-state index contributed by atoms with van der Waals surface area (Å²) in [5.74, 6) is -2.47. The number of halogens is 1. The van der Waals surface area contributed by atoms with Crippen LogP contribution in [0.15, 0.2) is 72.8 Å². The number of likely N-dealkylation sites (N-methyl/N-ethyl adjacent to an activating group) is 1. The molecule has 0 aromatic heterocycles. The Morgan fingerprint density at radius 3 is 2.28 bits per heavy atom. The lowest BCUT2D eigenvalue weighted by Crippen LogP contribution is -2.50. The molecule has 0 aliphatic heterocycles. The van der Waals surface area contributed by atoms with Crippen molar-refractivity contribution in [3.63, 3.8) is 0 Å². The van der Waals surface area contributed by atoms with Crippen LogP contribution in [0.3, 0.4) is 0 Å². The van der Waals surface area contributed by atoms with Gasteiger partial charge in [0.15, 0.2) is 12.2 Å². The van der Waals surface area contributed by atoms with Gasteiger partial charge in [-0.1, -0.05) is 54.6 Å². The molecule has 0 heterocycles. The summed E-state index contributed by atoms with van der Waals surface area (Å²) in [6.45, 7) is 0.186. The zero-order valence-corrected chi connectivity index (χ0v) is 20.0. The van der Waals surface area contributed by atoms with E-state index in [9.17, 15) is 29.3 Å². The van der Waals surface area contributed by atoms with Gasteiger partial charge in [-0.15, -0.1) is 0 Å². The Morgan fingerprint density at radius 2 is 1.67 bits per heavy atom. The van der Waals surface area contributed by atoms with E-state index in [4.69, 9.17) is 4.74 Å². The third kappa shape index (κ3) is 6.45. The van der Waals surface area contributed by atoms with E-state index in [2.05, 4.69) is 5.32 Å². The molecule has 4 N–H and O–H groups in total. The number of hydrogen-bond acceptors (Lipinski definition) is 6. The number of carbonyl (C=O) groups is 2. The highest BCUT2D eigenvalue weighted by molar-refractivity contribution is 5.90. The van der Waals surface area contributed by atoms with E-state index in [1.165, 1.54) is 31.2 Å². The molecule has 3 atom stereocenters. The fourth-order valence-electron chi connectivity index (χ4n) is 3.75. The quantitative estimate of drug-likeness (QED) is 0.342. The second-order valence-corrected chi connectivity index (χ2v) is 8.30. The molecule has 0 radical (unpaired) electrons. The van der Waals surface area contributed by atoms with E-state index in [1.807, 2.05) is 30.3 Å². The molecular formula is C27H29FN2O6. The van der Waals surface area contributed by atoms with Gasteiger partial charge in [0.1, 0.15) is 11.6 Å². The number of phenolic OH excluding ortho intramolecular Hbond substituents is 1. The smallest absolute Gasteiger partial charge is 0.255 e. The van der Waals surface area contributed by atoms with Crippen LogP contribution in [0.2, 0.25) is 0 Å². The molecule has 0 bridgehead atoms. The number of nitrogens with zero attached hydrogens (tertiary/aromatic N) is 1. The van der Waals surface area contributed by atoms with E-state index in [0.29, 0.717) is 16.7 Å². The highest BCUT2D eigenvalue weighted by Gasteiger charge is 2.34. The molecule has 0 spiro atoms. The van der Waals surface area contributed by atoms with Crippen molar-refractivity contribution in [3.05, 3.63) is 89.7 Å². The Morgan fingerprint density at radius 1 is 1.00 bits per heavy atom. The Balaban J connectivity index is 1.59. The summed E-state index contributed by atoms with van der Waals surface area (Å²) in [4.78, 5) is 26.5. The van der Waals surface area contributed by atoms with Gasteiger partial charge in [0.2, 0.25) is 0 Å². The molecule has 0 saturated heterocycles. The van der Waals surface area contributed by atoms with Crippen molar-refractivity contribution >= 4 is 11.8 Å². The summed E-state index contributed by atoms with van der Waals surface area (Å²) in [6, 6.07) is 19.0. The van der Waals surface area contributed by atoms with E-state index < -0.39 is 35.9 Å². The standard InChI is InChI=1S/C27H29FN2O6/c1-30(22(16-36-2)19-6-4-3-5-7-19)27(35)25(33)24(32)26(34)29-15-17-8-10-18(11-9-17)21-13-12-20(28)14-23(21)31/h3-14,22,24-25,31-33H,15-16H2,1-2H3,(H,29,34)/t22-,24-,25-/m1/s1. The molecule has 0 aliphatic carbocycles. The number of hydrogen-bond donors (Lipinski definition) is 4. The second kappa shape index (κ2) is 12.3. The number of nitrogens with one attached hydrogen (secondary N) is 1. The molecule has 0 aliphatic rings. The number of rotatable bonds is 10. The van der Waals surface area contributed by atoms with Crippen LogP contribution in [0, 0.1) is 5.82 Å². The Kier molecular flexibility index (Phi) is 9.13. The maximum absolute atomic E-state index is 13.2. The van der Waals surface area contributed by atoms with E-state index in [0.717, 1.165) is 11.6 Å². The molecule has 0 unspecified atom stereocenters. The van der Waals surface area contributed by atoms with Gasteiger partial charge in [-0.05, 0) is 28.8 Å².